The number of imidazole rings is 1. The van der Waals surface area contributed by atoms with Gasteiger partial charge < -0.3 is 0 Å². The third kappa shape index (κ3) is 2.28. The Morgan fingerprint density at radius 3 is 2.43 bits per heavy atom. The van der Waals surface area contributed by atoms with E-state index in [4.69, 9.17) is 11.6 Å². The SMILES string of the molecule is Cc1n(-c2ccccn2)c2cc(Cl)ccc2[n+]1-c1ccccn1. The van der Waals surface area contributed by atoms with Crippen molar-refractivity contribution in [1.29, 1.82) is 0 Å². The van der Waals surface area contributed by atoms with Crippen molar-refractivity contribution in [3.05, 3.63) is 77.8 Å². The highest BCUT2D eigenvalue weighted by molar-refractivity contribution is 6.31. The maximum atomic E-state index is 6.23. The Labute approximate surface area is 138 Å². The lowest BCUT2D eigenvalue weighted by atomic mass is 10.3. The second kappa shape index (κ2) is 5.48. The van der Waals surface area contributed by atoms with Crippen molar-refractivity contribution < 1.29 is 4.57 Å². The van der Waals surface area contributed by atoms with E-state index in [1.807, 2.05) is 54.6 Å². The van der Waals surface area contributed by atoms with Gasteiger partial charge in [0.2, 0.25) is 5.82 Å². The standard InChI is InChI=1S/C18H14ClN4/c1-13-22(17-6-2-4-10-20-17)15-9-8-14(19)12-16(15)23(13)18-7-3-5-11-21-18/h2-12H,1H3/q+1. The van der Waals surface area contributed by atoms with E-state index >= 15 is 0 Å². The number of aromatic nitrogens is 4. The molecule has 0 aliphatic rings. The molecular formula is C18H14ClN4+. The fraction of sp³-hybridized carbons (Fsp3) is 0.0556. The van der Waals surface area contributed by atoms with Crippen LogP contribution in [0.25, 0.3) is 22.7 Å². The minimum atomic E-state index is 0.695. The fourth-order valence-electron chi connectivity index (χ4n) is 2.86. The number of hydrogen-bond acceptors (Lipinski definition) is 2. The first kappa shape index (κ1) is 13.9. The van der Waals surface area contributed by atoms with Crippen LogP contribution >= 0.6 is 11.6 Å². The molecule has 0 fully saturated rings. The van der Waals surface area contributed by atoms with Gasteiger partial charge in [-0.15, -0.1) is 4.98 Å². The third-order valence-electron chi connectivity index (χ3n) is 3.82. The Hall–Kier alpha value is -2.72. The smallest absolute Gasteiger partial charge is 0.225 e. The first-order valence-electron chi connectivity index (χ1n) is 7.31. The number of halogens is 1. The highest BCUT2D eigenvalue weighted by Gasteiger charge is 2.23. The van der Waals surface area contributed by atoms with Crippen LogP contribution in [-0.2, 0) is 0 Å². The predicted octanol–water partition coefficient (Wildman–Crippen LogP) is 3.66. The van der Waals surface area contributed by atoms with Crippen LogP contribution in [0.1, 0.15) is 5.82 Å². The molecule has 0 N–H and O–H groups in total. The second-order valence-electron chi connectivity index (χ2n) is 5.23. The van der Waals surface area contributed by atoms with E-state index in [1.165, 1.54) is 0 Å². The van der Waals surface area contributed by atoms with Crippen LogP contribution in [0.15, 0.2) is 67.0 Å². The van der Waals surface area contributed by atoms with Crippen LogP contribution in [-0.4, -0.2) is 14.5 Å². The van der Waals surface area contributed by atoms with Crippen LogP contribution in [0.4, 0.5) is 0 Å². The molecule has 0 spiro atoms. The van der Waals surface area contributed by atoms with Gasteiger partial charge in [-0.2, -0.15) is 4.57 Å². The Kier molecular flexibility index (Phi) is 3.32. The summed E-state index contributed by atoms with van der Waals surface area (Å²) in [7, 11) is 0. The molecule has 0 aliphatic heterocycles. The summed E-state index contributed by atoms with van der Waals surface area (Å²) in [6, 6.07) is 17.6. The molecule has 0 atom stereocenters. The van der Waals surface area contributed by atoms with Crippen molar-refractivity contribution in [1.82, 2.24) is 14.5 Å². The van der Waals surface area contributed by atoms with E-state index in [-0.39, 0.29) is 0 Å². The Bertz CT molecular complexity index is 978. The van der Waals surface area contributed by atoms with Crippen molar-refractivity contribution in [2.24, 2.45) is 0 Å². The van der Waals surface area contributed by atoms with E-state index in [0.717, 1.165) is 28.5 Å². The van der Waals surface area contributed by atoms with Crippen molar-refractivity contribution in [2.75, 3.05) is 0 Å². The zero-order valence-corrected chi connectivity index (χ0v) is 13.3. The molecule has 0 saturated carbocycles. The number of pyridine rings is 2. The van der Waals surface area contributed by atoms with Gasteiger partial charge in [0, 0.05) is 24.2 Å². The van der Waals surface area contributed by atoms with Gasteiger partial charge in [-0.25, -0.2) is 9.55 Å². The molecule has 0 radical (unpaired) electrons. The normalized spacial score (nSPS) is 11.0. The lowest BCUT2D eigenvalue weighted by Crippen LogP contribution is -2.34. The highest BCUT2D eigenvalue weighted by Crippen LogP contribution is 2.23. The summed E-state index contributed by atoms with van der Waals surface area (Å²) in [4.78, 5) is 8.97. The van der Waals surface area contributed by atoms with Crippen molar-refractivity contribution in [3.63, 3.8) is 0 Å². The second-order valence-corrected chi connectivity index (χ2v) is 5.66. The van der Waals surface area contributed by atoms with Crippen molar-refractivity contribution >= 4 is 22.6 Å². The van der Waals surface area contributed by atoms with E-state index in [0.29, 0.717) is 5.02 Å². The molecule has 0 saturated heterocycles. The molecule has 3 heterocycles. The minimum absolute atomic E-state index is 0.695. The molecular weight excluding hydrogens is 308 g/mol. The predicted molar refractivity (Wildman–Crippen MR) is 90.1 cm³/mol. The summed E-state index contributed by atoms with van der Waals surface area (Å²) in [6.45, 7) is 2.05. The lowest BCUT2D eigenvalue weighted by molar-refractivity contribution is -0.579. The van der Waals surface area contributed by atoms with Gasteiger partial charge in [-0.1, -0.05) is 23.7 Å². The molecule has 1 aromatic carbocycles. The largest absolute Gasteiger partial charge is 0.267 e. The zero-order chi connectivity index (χ0) is 15.8. The minimum Gasteiger partial charge on any atom is -0.225 e. The molecule has 112 valence electrons. The number of fused-ring (bicyclic) bond motifs is 1. The summed E-state index contributed by atoms with van der Waals surface area (Å²) in [5.74, 6) is 2.73. The molecule has 0 unspecified atom stereocenters. The molecule has 5 heteroatoms. The van der Waals surface area contributed by atoms with Crippen LogP contribution in [0.2, 0.25) is 5.02 Å². The molecule has 0 amide bonds. The Balaban J connectivity index is 2.11. The van der Waals surface area contributed by atoms with Crippen LogP contribution in [0.3, 0.4) is 0 Å². The monoisotopic (exact) mass is 321 g/mol. The first-order valence-corrected chi connectivity index (χ1v) is 7.69. The van der Waals surface area contributed by atoms with Crippen molar-refractivity contribution in [2.45, 2.75) is 6.92 Å². The number of rotatable bonds is 2. The number of nitrogens with zero attached hydrogens (tertiary/aromatic N) is 4. The van der Waals surface area contributed by atoms with Gasteiger partial charge in [0.1, 0.15) is 17.2 Å². The summed E-state index contributed by atoms with van der Waals surface area (Å²) < 4.78 is 4.20. The number of benzene rings is 1. The van der Waals surface area contributed by atoms with Gasteiger partial charge in [-0.05, 0) is 36.4 Å². The Morgan fingerprint density at radius 2 is 1.74 bits per heavy atom. The molecule has 23 heavy (non-hydrogen) atoms. The van der Waals surface area contributed by atoms with Crippen LogP contribution in [0.5, 0.6) is 0 Å². The van der Waals surface area contributed by atoms with Gasteiger partial charge in [0.15, 0.2) is 5.82 Å². The van der Waals surface area contributed by atoms with Gasteiger partial charge in [-0.3, -0.25) is 0 Å². The molecule has 4 rings (SSSR count). The molecule has 4 nitrogen and oxygen atoms in total. The van der Waals surface area contributed by atoms with Gasteiger partial charge >= 0.3 is 0 Å². The topological polar surface area (TPSA) is 34.6 Å². The van der Waals surface area contributed by atoms with Crippen molar-refractivity contribution in [3.8, 4) is 11.6 Å². The summed E-state index contributed by atoms with van der Waals surface area (Å²) >= 11 is 6.23. The fourth-order valence-corrected chi connectivity index (χ4v) is 3.03. The van der Waals surface area contributed by atoms with E-state index in [9.17, 15) is 0 Å². The quantitative estimate of drug-likeness (QED) is 0.528. The maximum Gasteiger partial charge on any atom is 0.267 e. The molecule has 3 aromatic heterocycles. The van der Waals surface area contributed by atoms with Crippen LogP contribution in [0, 0.1) is 6.92 Å². The highest BCUT2D eigenvalue weighted by atomic mass is 35.5. The van der Waals surface area contributed by atoms with Crippen LogP contribution < -0.4 is 4.57 Å². The van der Waals surface area contributed by atoms with E-state index in [2.05, 4.69) is 26.0 Å². The molecule has 0 bridgehead atoms. The number of hydrogen-bond donors (Lipinski definition) is 0. The zero-order valence-electron chi connectivity index (χ0n) is 12.5. The van der Waals surface area contributed by atoms with E-state index < -0.39 is 0 Å². The Morgan fingerprint density at radius 1 is 0.957 bits per heavy atom. The first-order chi connectivity index (χ1) is 11.3. The lowest BCUT2D eigenvalue weighted by Gasteiger charge is -2.01. The molecule has 4 aromatic rings. The average molecular weight is 322 g/mol. The van der Waals surface area contributed by atoms with E-state index in [1.54, 1.807) is 12.4 Å². The third-order valence-corrected chi connectivity index (χ3v) is 4.06. The molecule has 0 aliphatic carbocycles. The summed E-state index contributed by atoms with van der Waals surface area (Å²) in [5.41, 5.74) is 2.04. The summed E-state index contributed by atoms with van der Waals surface area (Å²) in [5, 5.41) is 0.695. The van der Waals surface area contributed by atoms with Gasteiger partial charge in [0.25, 0.3) is 5.82 Å². The maximum absolute atomic E-state index is 6.23. The van der Waals surface area contributed by atoms with Gasteiger partial charge in [0.05, 0.1) is 0 Å². The summed E-state index contributed by atoms with van der Waals surface area (Å²) in [6.07, 6.45) is 3.58. The average Bonchev–Trinajstić information content (AvgIpc) is 2.87.